The van der Waals surface area contributed by atoms with Gasteiger partial charge in [-0.05, 0) is 37.5 Å². The van der Waals surface area contributed by atoms with Gasteiger partial charge in [0.1, 0.15) is 10.7 Å². The average molecular weight is 327 g/mol. The van der Waals surface area contributed by atoms with E-state index in [0.717, 1.165) is 30.7 Å². The minimum Gasteiger partial charge on any atom is -0.398 e. The molecule has 3 N–H and O–H groups in total. The second kappa shape index (κ2) is 4.96. The summed E-state index contributed by atoms with van der Waals surface area (Å²) in [4.78, 5) is 3.76. The first kappa shape index (κ1) is 14.3. The van der Waals surface area contributed by atoms with Gasteiger partial charge in [0.2, 0.25) is 0 Å². The van der Waals surface area contributed by atoms with Crippen LogP contribution in [0.4, 0.5) is 15.2 Å². The second-order valence-electron chi connectivity index (χ2n) is 5.10. The van der Waals surface area contributed by atoms with Crippen LogP contribution in [-0.4, -0.2) is 13.4 Å². The number of nitrogens with zero attached hydrogens (tertiary/aromatic N) is 1. The van der Waals surface area contributed by atoms with Crippen molar-refractivity contribution in [3.05, 3.63) is 34.6 Å². The van der Waals surface area contributed by atoms with E-state index < -0.39 is 20.7 Å². The molecule has 0 spiro atoms. The van der Waals surface area contributed by atoms with Gasteiger partial charge in [0.25, 0.3) is 10.0 Å². The molecule has 5 nitrogen and oxygen atoms in total. The molecule has 112 valence electrons. The van der Waals surface area contributed by atoms with Crippen LogP contribution in [0.15, 0.2) is 22.4 Å². The van der Waals surface area contributed by atoms with Gasteiger partial charge >= 0.3 is 0 Å². The Bertz CT molecular complexity index is 798. The minimum atomic E-state index is -4.03. The lowest BCUT2D eigenvalue weighted by molar-refractivity contribution is 0.570. The molecule has 1 aliphatic carbocycles. The molecule has 1 saturated carbocycles. The van der Waals surface area contributed by atoms with Crippen LogP contribution < -0.4 is 10.5 Å². The van der Waals surface area contributed by atoms with E-state index in [9.17, 15) is 12.8 Å². The summed E-state index contributed by atoms with van der Waals surface area (Å²) in [6.07, 6.45) is 2.16. The maximum absolute atomic E-state index is 13.9. The molecule has 0 bridgehead atoms. The Hall–Kier alpha value is -1.67. The van der Waals surface area contributed by atoms with Gasteiger partial charge in [0.15, 0.2) is 5.13 Å². The first-order valence-electron chi connectivity index (χ1n) is 6.40. The predicted molar refractivity (Wildman–Crippen MR) is 80.4 cm³/mol. The predicted octanol–water partition coefficient (Wildman–Crippen LogP) is 2.85. The number of aryl methyl sites for hydroxylation is 1. The van der Waals surface area contributed by atoms with Crippen molar-refractivity contribution in [1.82, 2.24) is 4.98 Å². The maximum atomic E-state index is 13.9. The van der Waals surface area contributed by atoms with E-state index in [1.54, 1.807) is 6.92 Å². The Morgan fingerprint density at radius 3 is 2.81 bits per heavy atom. The van der Waals surface area contributed by atoms with Crippen LogP contribution in [0.1, 0.15) is 30.0 Å². The van der Waals surface area contributed by atoms with Crippen molar-refractivity contribution in [2.24, 2.45) is 0 Å². The summed E-state index contributed by atoms with van der Waals surface area (Å²) < 4.78 is 40.7. The lowest BCUT2D eigenvalue weighted by atomic mass is 10.2. The number of nitrogens with two attached hydrogens (primary N) is 1. The molecule has 3 rings (SSSR count). The largest absolute Gasteiger partial charge is 0.398 e. The van der Waals surface area contributed by atoms with Crippen molar-refractivity contribution in [3.8, 4) is 0 Å². The molecule has 1 fully saturated rings. The van der Waals surface area contributed by atoms with Crippen molar-refractivity contribution in [2.45, 2.75) is 30.6 Å². The number of rotatable bonds is 4. The fraction of sp³-hybridized carbons (Fsp3) is 0.308. The van der Waals surface area contributed by atoms with Crippen LogP contribution in [0.5, 0.6) is 0 Å². The smallest absolute Gasteiger partial charge is 0.266 e. The van der Waals surface area contributed by atoms with E-state index in [-0.39, 0.29) is 10.8 Å². The van der Waals surface area contributed by atoms with Crippen LogP contribution in [0.2, 0.25) is 0 Å². The number of benzene rings is 1. The van der Waals surface area contributed by atoms with Gasteiger partial charge in [0.05, 0.1) is 5.69 Å². The minimum absolute atomic E-state index is 0.231. The number of nitrogen functional groups attached to an aromatic ring is 1. The quantitative estimate of drug-likeness (QED) is 0.846. The van der Waals surface area contributed by atoms with E-state index in [0.29, 0.717) is 11.5 Å². The molecule has 0 saturated heterocycles. The summed E-state index contributed by atoms with van der Waals surface area (Å²) in [5.74, 6) is -0.389. The monoisotopic (exact) mass is 327 g/mol. The third-order valence-electron chi connectivity index (χ3n) is 3.35. The molecule has 0 aliphatic heterocycles. The van der Waals surface area contributed by atoms with Gasteiger partial charge in [-0.15, -0.1) is 11.3 Å². The first-order valence-corrected chi connectivity index (χ1v) is 8.77. The van der Waals surface area contributed by atoms with Crippen LogP contribution in [-0.2, 0) is 10.0 Å². The molecule has 1 aromatic carbocycles. The molecule has 8 heteroatoms. The topological polar surface area (TPSA) is 85.1 Å². The highest BCUT2D eigenvalue weighted by molar-refractivity contribution is 7.93. The Morgan fingerprint density at radius 1 is 1.43 bits per heavy atom. The van der Waals surface area contributed by atoms with Crippen molar-refractivity contribution in [1.29, 1.82) is 0 Å². The highest BCUT2D eigenvalue weighted by Gasteiger charge is 2.27. The van der Waals surface area contributed by atoms with Gasteiger partial charge in [0, 0.05) is 17.0 Å². The molecule has 0 unspecified atom stereocenters. The molecule has 1 heterocycles. The number of halogens is 1. The Morgan fingerprint density at radius 2 is 2.14 bits per heavy atom. The SMILES string of the molecule is Cc1cc(F)c(S(=O)(=O)Nc2nc(C3CC3)cs2)cc1N. The third-order valence-corrected chi connectivity index (χ3v) is 5.61. The van der Waals surface area contributed by atoms with Crippen LogP contribution in [0.3, 0.4) is 0 Å². The van der Waals surface area contributed by atoms with Gasteiger partial charge in [-0.2, -0.15) is 0 Å². The van der Waals surface area contributed by atoms with Crippen LogP contribution in [0, 0.1) is 12.7 Å². The first-order chi connectivity index (χ1) is 9.87. The van der Waals surface area contributed by atoms with Crippen molar-refractivity contribution < 1.29 is 12.8 Å². The molecule has 0 atom stereocenters. The van der Waals surface area contributed by atoms with E-state index in [1.165, 1.54) is 11.3 Å². The molecular formula is C13H14FN3O2S2. The lowest BCUT2D eigenvalue weighted by Gasteiger charge is -2.08. The molecule has 0 radical (unpaired) electrons. The van der Waals surface area contributed by atoms with Gasteiger partial charge in [-0.25, -0.2) is 17.8 Å². The molecule has 1 aliphatic rings. The number of sulfonamides is 1. The van der Waals surface area contributed by atoms with E-state index >= 15 is 0 Å². The molecule has 21 heavy (non-hydrogen) atoms. The summed E-state index contributed by atoms with van der Waals surface area (Å²) in [6, 6.07) is 2.24. The van der Waals surface area contributed by atoms with Crippen molar-refractivity contribution >= 4 is 32.2 Å². The van der Waals surface area contributed by atoms with Gasteiger partial charge in [-0.1, -0.05) is 0 Å². The summed E-state index contributed by atoms with van der Waals surface area (Å²) in [5.41, 5.74) is 7.28. The van der Waals surface area contributed by atoms with Gasteiger partial charge in [-0.3, -0.25) is 4.72 Å². The third kappa shape index (κ3) is 2.86. The highest BCUT2D eigenvalue weighted by Crippen LogP contribution is 2.41. The summed E-state index contributed by atoms with van der Waals surface area (Å²) >= 11 is 1.20. The van der Waals surface area contributed by atoms with Crippen LogP contribution >= 0.6 is 11.3 Å². The summed E-state index contributed by atoms with van der Waals surface area (Å²) in [6.45, 7) is 1.62. The summed E-state index contributed by atoms with van der Waals surface area (Å²) in [7, 11) is -4.03. The zero-order valence-corrected chi connectivity index (χ0v) is 12.9. The zero-order chi connectivity index (χ0) is 15.2. The van der Waals surface area contributed by atoms with Crippen molar-refractivity contribution in [2.75, 3.05) is 10.5 Å². The fourth-order valence-corrected chi connectivity index (χ4v) is 4.08. The number of hydrogen-bond donors (Lipinski definition) is 2. The molecule has 0 amide bonds. The van der Waals surface area contributed by atoms with Crippen LogP contribution in [0.25, 0.3) is 0 Å². The molecule has 2 aromatic rings. The highest BCUT2D eigenvalue weighted by atomic mass is 32.2. The number of hydrogen-bond acceptors (Lipinski definition) is 5. The Labute approximate surface area is 126 Å². The Balaban J connectivity index is 1.90. The number of aromatic nitrogens is 1. The Kier molecular flexibility index (Phi) is 3.37. The average Bonchev–Trinajstić information content (AvgIpc) is 3.15. The molecule has 1 aromatic heterocycles. The standard InChI is InChI=1S/C13H14FN3O2S2/c1-7-4-9(14)12(5-10(7)15)21(18,19)17-13-16-11(6-20-13)8-2-3-8/h4-6,8H,2-3,15H2,1H3,(H,16,17). The van der Waals surface area contributed by atoms with E-state index in [1.807, 2.05) is 5.38 Å². The van der Waals surface area contributed by atoms with Crippen molar-refractivity contribution in [3.63, 3.8) is 0 Å². The number of anilines is 2. The fourth-order valence-electron chi connectivity index (χ4n) is 1.94. The zero-order valence-electron chi connectivity index (χ0n) is 11.3. The number of thiazole rings is 1. The molecular weight excluding hydrogens is 313 g/mol. The normalized spacial score (nSPS) is 15.1. The second-order valence-corrected chi connectivity index (χ2v) is 7.61. The van der Waals surface area contributed by atoms with Gasteiger partial charge < -0.3 is 5.73 Å². The van der Waals surface area contributed by atoms with E-state index in [2.05, 4.69) is 9.71 Å². The number of nitrogens with one attached hydrogen (secondary N) is 1. The van der Waals surface area contributed by atoms with E-state index in [4.69, 9.17) is 5.73 Å². The lowest BCUT2D eigenvalue weighted by Crippen LogP contribution is -2.15. The maximum Gasteiger partial charge on any atom is 0.266 e. The summed E-state index contributed by atoms with van der Waals surface area (Å²) in [5, 5.41) is 2.07.